The number of hydrogen-bond donors (Lipinski definition) is 2. The van der Waals surface area contributed by atoms with E-state index in [-0.39, 0.29) is 31.1 Å². The number of nitrogens with one attached hydrogen (secondary N) is 1. The molecule has 2 aromatic carbocycles. The lowest BCUT2D eigenvalue weighted by Crippen LogP contribution is -2.23. The molecule has 4 heteroatoms. The van der Waals surface area contributed by atoms with Gasteiger partial charge in [0.05, 0.1) is 6.61 Å². The van der Waals surface area contributed by atoms with Crippen LogP contribution in [0.5, 0.6) is 0 Å². The number of Topliss-reactive ketones (excluding diaryl/α,β-unsaturated/α-hetero) is 1. The minimum atomic E-state index is -0.165. The van der Waals surface area contributed by atoms with E-state index < -0.39 is 0 Å². The van der Waals surface area contributed by atoms with Crippen LogP contribution < -0.4 is 5.32 Å². The van der Waals surface area contributed by atoms with Gasteiger partial charge < -0.3 is 10.4 Å². The van der Waals surface area contributed by atoms with Gasteiger partial charge in [-0.1, -0.05) is 55.5 Å². The summed E-state index contributed by atoms with van der Waals surface area (Å²) < 4.78 is 0. The van der Waals surface area contributed by atoms with Crippen LogP contribution in [-0.2, 0) is 24.4 Å². The molecule has 0 heterocycles. The Bertz CT molecular complexity index is 692. The highest BCUT2D eigenvalue weighted by molar-refractivity contribution is 5.97. The Morgan fingerprint density at radius 1 is 0.958 bits per heavy atom. The third kappa shape index (κ3) is 5.03. The number of ketones is 1. The molecule has 0 saturated heterocycles. The van der Waals surface area contributed by atoms with E-state index >= 15 is 0 Å². The predicted molar refractivity (Wildman–Crippen MR) is 93.6 cm³/mol. The van der Waals surface area contributed by atoms with Gasteiger partial charge >= 0.3 is 0 Å². The summed E-state index contributed by atoms with van der Waals surface area (Å²) >= 11 is 0. The summed E-state index contributed by atoms with van der Waals surface area (Å²) in [6.07, 6.45) is 1.29. The van der Waals surface area contributed by atoms with Gasteiger partial charge in [0, 0.05) is 24.9 Å². The largest absolute Gasteiger partial charge is 0.392 e. The van der Waals surface area contributed by atoms with Crippen molar-refractivity contribution in [1.29, 1.82) is 0 Å². The van der Waals surface area contributed by atoms with E-state index in [1.54, 1.807) is 0 Å². The normalized spacial score (nSPS) is 10.4. The smallest absolute Gasteiger partial charge is 0.220 e. The highest BCUT2D eigenvalue weighted by atomic mass is 16.3. The minimum absolute atomic E-state index is 0.0245. The number of aliphatic hydroxyl groups is 1. The van der Waals surface area contributed by atoms with Gasteiger partial charge in [0.2, 0.25) is 5.91 Å². The van der Waals surface area contributed by atoms with Gasteiger partial charge in [-0.25, -0.2) is 0 Å². The van der Waals surface area contributed by atoms with E-state index in [0.717, 1.165) is 17.5 Å². The number of hydrogen-bond acceptors (Lipinski definition) is 3. The zero-order valence-electron chi connectivity index (χ0n) is 13.9. The molecule has 0 fully saturated rings. The highest BCUT2D eigenvalue weighted by Gasteiger charge is 2.10. The summed E-state index contributed by atoms with van der Waals surface area (Å²) in [6.45, 7) is 2.36. The van der Waals surface area contributed by atoms with Crippen LogP contribution in [0, 0.1) is 0 Å². The summed E-state index contributed by atoms with van der Waals surface area (Å²) in [5.41, 5.74) is 3.51. The van der Waals surface area contributed by atoms with E-state index in [0.29, 0.717) is 12.1 Å². The maximum atomic E-state index is 12.1. The van der Waals surface area contributed by atoms with Gasteiger partial charge in [-0.2, -0.15) is 0 Å². The van der Waals surface area contributed by atoms with Crippen molar-refractivity contribution in [3.8, 4) is 0 Å². The molecular weight excluding hydrogens is 302 g/mol. The van der Waals surface area contributed by atoms with Gasteiger partial charge in [0.15, 0.2) is 5.78 Å². The summed E-state index contributed by atoms with van der Waals surface area (Å²) in [4.78, 5) is 24.0. The highest BCUT2D eigenvalue weighted by Crippen LogP contribution is 2.10. The molecule has 24 heavy (non-hydrogen) atoms. The Labute approximate surface area is 142 Å². The van der Waals surface area contributed by atoms with Gasteiger partial charge in [-0.15, -0.1) is 0 Å². The van der Waals surface area contributed by atoms with Crippen LogP contribution >= 0.6 is 0 Å². The molecule has 0 bridgehead atoms. The van der Waals surface area contributed by atoms with Crippen molar-refractivity contribution in [2.75, 3.05) is 0 Å². The summed E-state index contributed by atoms with van der Waals surface area (Å²) in [5.74, 6) is -0.190. The van der Waals surface area contributed by atoms with E-state index in [9.17, 15) is 14.7 Å². The first-order valence-electron chi connectivity index (χ1n) is 8.20. The van der Waals surface area contributed by atoms with Gasteiger partial charge in [-0.05, 0) is 23.1 Å². The second kappa shape index (κ2) is 8.99. The Balaban J connectivity index is 1.81. The first kappa shape index (κ1) is 17.9. The molecule has 0 saturated carbocycles. The Hall–Kier alpha value is -2.46. The van der Waals surface area contributed by atoms with Crippen LogP contribution in [0.2, 0.25) is 0 Å². The molecule has 126 valence electrons. The van der Waals surface area contributed by atoms with Crippen LogP contribution in [0.1, 0.15) is 46.8 Å². The van der Waals surface area contributed by atoms with Crippen molar-refractivity contribution in [2.24, 2.45) is 0 Å². The van der Waals surface area contributed by atoms with Gasteiger partial charge in [0.1, 0.15) is 0 Å². The first-order valence-corrected chi connectivity index (χ1v) is 8.20. The molecule has 0 aliphatic rings. The fourth-order valence-corrected chi connectivity index (χ4v) is 2.46. The van der Waals surface area contributed by atoms with Crippen LogP contribution in [0.4, 0.5) is 0 Å². The van der Waals surface area contributed by atoms with Crippen LogP contribution in [0.15, 0.2) is 48.5 Å². The number of aliphatic hydroxyl groups excluding tert-OH is 1. The molecule has 2 rings (SSSR count). The third-order valence-electron chi connectivity index (χ3n) is 4.03. The number of carbonyl (C=O) groups is 2. The molecule has 0 aliphatic carbocycles. The first-order chi connectivity index (χ1) is 11.6. The average molecular weight is 325 g/mol. The number of amides is 1. The van der Waals surface area contributed by atoms with Gasteiger partial charge in [0.25, 0.3) is 0 Å². The zero-order valence-corrected chi connectivity index (χ0v) is 13.9. The molecular formula is C20H23NO3. The number of carbonyl (C=O) groups excluding carboxylic acids is 2. The Morgan fingerprint density at radius 2 is 1.62 bits per heavy atom. The topological polar surface area (TPSA) is 66.4 Å². The van der Waals surface area contributed by atoms with E-state index in [1.165, 1.54) is 5.56 Å². The fourth-order valence-electron chi connectivity index (χ4n) is 2.46. The molecule has 4 nitrogen and oxygen atoms in total. The lowest BCUT2D eigenvalue weighted by molar-refractivity contribution is -0.121. The summed E-state index contributed by atoms with van der Waals surface area (Å²) in [6, 6.07) is 14.9. The van der Waals surface area contributed by atoms with Crippen molar-refractivity contribution >= 4 is 11.7 Å². The monoisotopic (exact) mass is 325 g/mol. The molecule has 1 amide bonds. The Morgan fingerprint density at radius 3 is 2.25 bits per heavy atom. The second-order valence-corrected chi connectivity index (χ2v) is 5.68. The third-order valence-corrected chi connectivity index (χ3v) is 4.03. The lowest BCUT2D eigenvalue weighted by atomic mass is 10.0. The molecule has 0 atom stereocenters. The molecule has 0 radical (unpaired) electrons. The maximum absolute atomic E-state index is 12.1. The quantitative estimate of drug-likeness (QED) is 0.733. The predicted octanol–water partition coefficient (Wildman–Crippen LogP) is 3.02. The maximum Gasteiger partial charge on any atom is 0.220 e. The number of benzene rings is 2. The van der Waals surface area contributed by atoms with Crippen LogP contribution in [0.25, 0.3) is 0 Å². The van der Waals surface area contributed by atoms with Crippen molar-refractivity contribution in [3.63, 3.8) is 0 Å². The van der Waals surface area contributed by atoms with Crippen molar-refractivity contribution in [3.05, 3.63) is 70.8 Å². The molecule has 0 unspecified atom stereocenters. The standard InChI is InChI=1S/C20H23NO3/c1-2-15-7-9-16(10-8-15)19(23)11-12-20(24)21-13-17-5-3-4-6-18(17)14-22/h3-10,22H,2,11-14H2,1H3,(H,21,24). The Kier molecular flexibility index (Phi) is 6.70. The fraction of sp³-hybridized carbons (Fsp3) is 0.300. The number of rotatable bonds is 8. The van der Waals surface area contributed by atoms with E-state index in [4.69, 9.17) is 0 Å². The van der Waals surface area contributed by atoms with Gasteiger partial charge in [-0.3, -0.25) is 9.59 Å². The number of aryl methyl sites for hydroxylation is 1. The van der Waals surface area contributed by atoms with Crippen molar-refractivity contribution in [2.45, 2.75) is 39.3 Å². The summed E-state index contributed by atoms with van der Waals surface area (Å²) in [7, 11) is 0. The van der Waals surface area contributed by atoms with Crippen LogP contribution in [0.3, 0.4) is 0 Å². The minimum Gasteiger partial charge on any atom is -0.392 e. The SMILES string of the molecule is CCc1ccc(C(=O)CCC(=O)NCc2ccccc2CO)cc1. The van der Waals surface area contributed by atoms with Crippen LogP contribution in [-0.4, -0.2) is 16.8 Å². The van der Waals surface area contributed by atoms with Crippen molar-refractivity contribution in [1.82, 2.24) is 5.32 Å². The molecule has 2 N–H and O–H groups in total. The van der Waals surface area contributed by atoms with E-state index in [2.05, 4.69) is 12.2 Å². The molecule has 2 aromatic rings. The summed E-state index contributed by atoms with van der Waals surface area (Å²) in [5, 5.41) is 12.1. The van der Waals surface area contributed by atoms with Crippen molar-refractivity contribution < 1.29 is 14.7 Å². The molecule has 0 aromatic heterocycles. The second-order valence-electron chi connectivity index (χ2n) is 5.68. The zero-order chi connectivity index (χ0) is 17.4. The lowest BCUT2D eigenvalue weighted by Gasteiger charge is -2.09. The molecule has 0 aliphatic heterocycles. The molecule has 0 spiro atoms. The average Bonchev–Trinajstić information content (AvgIpc) is 2.64. The van der Waals surface area contributed by atoms with E-state index in [1.807, 2.05) is 48.5 Å².